The van der Waals surface area contributed by atoms with Gasteiger partial charge in [0.25, 0.3) is 0 Å². The molecule has 0 aromatic carbocycles. The molecule has 11 heteroatoms. The number of carbonyl (C=O) groups is 2. The minimum atomic E-state index is -1.00. The number of aromatic nitrogens is 4. The second-order valence-corrected chi connectivity index (χ2v) is 7.09. The summed E-state index contributed by atoms with van der Waals surface area (Å²) in [6.45, 7) is 1.96. The highest BCUT2D eigenvalue weighted by atomic mass is 32.2. The van der Waals surface area contributed by atoms with Crippen molar-refractivity contribution in [3.63, 3.8) is 0 Å². The molecule has 160 valence electrons. The fourth-order valence-electron chi connectivity index (χ4n) is 3.04. The van der Waals surface area contributed by atoms with Gasteiger partial charge in [0.05, 0.1) is 31.3 Å². The molecule has 0 bridgehead atoms. The van der Waals surface area contributed by atoms with E-state index in [4.69, 9.17) is 9.84 Å². The maximum atomic E-state index is 12.3. The van der Waals surface area contributed by atoms with Crippen LogP contribution in [0.5, 0.6) is 0 Å². The Morgan fingerprint density at radius 2 is 2.17 bits per heavy atom. The Morgan fingerprint density at radius 3 is 2.72 bits per heavy atom. The van der Waals surface area contributed by atoms with E-state index < -0.39 is 5.92 Å². The van der Waals surface area contributed by atoms with Crippen LogP contribution < -0.4 is 5.32 Å². The highest BCUT2D eigenvalue weighted by Gasteiger charge is 2.30. The molecule has 3 unspecified atom stereocenters. The first-order valence-corrected chi connectivity index (χ1v) is 10.5. The van der Waals surface area contributed by atoms with Crippen molar-refractivity contribution in [2.75, 3.05) is 33.1 Å². The first kappa shape index (κ1) is 23.4. The zero-order chi connectivity index (χ0) is 21.4. The van der Waals surface area contributed by atoms with Gasteiger partial charge >= 0.3 is 0 Å². The first-order valence-electron chi connectivity index (χ1n) is 9.32. The van der Waals surface area contributed by atoms with Gasteiger partial charge in [-0.05, 0) is 33.1 Å². The molecule has 10 nitrogen and oxygen atoms in total. The molecule has 0 saturated carbocycles. The van der Waals surface area contributed by atoms with Gasteiger partial charge in [0.1, 0.15) is 23.9 Å². The lowest BCUT2D eigenvalue weighted by Crippen LogP contribution is -2.26. The number of nitrogens with zero attached hydrogens (tertiary/aromatic N) is 4. The molecular weight excluding hydrogens is 398 g/mol. The van der Waals surface area contributed by atoms with E-state index in [1.807, 2.05) is 6.26 Å². The summed E-state index contributed by atoms with van der Waals surface area (Å²) in [4.78, 5) is 37.2. The van der Waals surface area contributed by atoms with Crippen LogP contribution in [-0.4, -0.2) is 81.0 Å². The van der Waals surface area contributed by atoms with E-state index in [9.17, 15) is 14.7 Å². The van der Waals surface area contributed by atoms with E-state index in [0.717, 1.165) is 12.8 Å². The standard InChI is InChI=1S/C16H21N5O4S.C2H6O/c1-17-5-11(24)10(7-23)13-14-15(20-16(19-13)26-2)21(8-18-14)12-4-3-9(6-22)25-12;1-2-3/h7-10,12,17,22H,3-6H2,1-2H3;3H,2H2,1H3. The smallest absolute Gasteiger partial charge is 0.189 e. The molecule has 3 rings (SSSR count). The van der Waals surface area contributed by atoms with Crippen LogP contribution in [0.25, 0.3) is 11.2 Å². The molecule has 2 aromatic rings. The topological polar surface area (TPSA) is 139 Å². The lowest BCUT2D eigenvalue weighted by atomic mass is 10.0. The molecule has 1 aliphatic heterocycles. The van der Waals surface area contributed by atoms with Crippen molar-refractivity contribution in [2.24, 2.45) is 0 Å². The van der Waals surface area contributed by atoms with Crippen molar-refractivity contribution >= 4 is 35.0 Å². The number of rotatable bonds is 8. The second kappa shape index (κ2) is 11.3. The van der Waals surface area contributed by atoms with E-state index >= 15 is 0 Å². The van der Waals surface area contributed by atoms with Gasteiger partial charge in [-0.25, -0.2) is 15.0 Å². The number of hydrogen-bond donors (Lipinski definition) is 3. The predicted octanol–water partition coefficient (Wildman–Crippen LogP) is 0.288. The van der Waals surface area contributed by atoms with Crippen molar-refractivity contribution in [1.82, 2.24) is 24.8 Å². The van der Waals surface area contributed by atoms with E-state index in [1.165, 1.54) is 11.8 Å². The van der Waals surface area contributed by atoms with Crippen LogP contribution in [0, 0.1) is 0 Å². The maximum absolute atomic E-state index is 12.3. The van der Waals surface area contributed by atoms with Crippen LogP contribution in [0.2, 0.25) is 0 Å². The third-order valence-electron chi connectivity index (χ3n) is 4.34. The number of aliphatic hydroxyl groups excluding tert-OH is 2. The van der Waals surface area contributed by atoms with Gasteiger partial charge in [0, 0.05) is 6.61 Å². The Hall–Kier alpha value is -1.92. The van der Waals surface area contributed by atoms with Crippen molar-refractivity contribution in [2.45, 2.75) is 43.2 Å². The Balaban J connectivity index is 0.000000941. The van der Waals surface area contributed by atoms with Gasteiger partial charge < -0.3 is 25.1 Å². The number of ketones is 1. The van der Waals surface area contributed by atoms with E-state index in [-0.39, 0.29) is 37.9 Å². The Kier molecular flexibility index (Phi) is 9.11. The minimum absolute atomic E-state index is 0.0365. The predicted molar refractivity (Wildman–Crippen MR) is 108 cm³/mol. The number of hydrogen-bond acceptors (Lipinski definition) is 10. The number of imidazole rings is 1. The number of nitrogens with one attached hydrogen (secondary N) is 1. The summed E-state index contributed by atoms with van der Waals surface area (Å²) in [7, 11) is 1.65. The fraction of sp³-hybridized carbons (Fsp3) is 0.611. The summed E-state index contributed by atoms with van der Waals surface area (Å²) < 4.78 is 7.59. The largest absolute Gasteiger partial charge is 0.397 e. The molecule has 0 amide bonds. The molecule has 2 aromatic heterocycles. The lowest BCUT2D eigenvalue weighted by molar-refractivity contribution is -0.123. The molecule has 29 heavy (non-hydrogen) atoms. The molecule has 0 radical (unpaired) electrons. The third-order valence-corrected chi connectivity index (χ3v) is 4.89. The van der Waals surface area contributed by atoms with Crippen molar-refractivity contribution in [1.29, 1.82) is 0 Å². The molecule has 0 spiro atoms. The van der Waals surface area contributed by atoms with E-state index in [0.29, 0.717) is 28.3 Å². The number of aldehydes is 1. The van der Waals surface area contributed by atoms with Gasteiger partial charge in [-0.3, -0.25) is 9.36 Å². The summed E-state index contributed by atoms with van der Waals surface area (Å²) in [5.74, 6) is -1.28. The quantitative estimate of drug-likeness (QED) is 0.234. The number of Topliss-reactive ketones (excluding diaryl/α,β-unsaturated/α-hetero) is 1. The van der Waals surface area contributed by atoms with Gasteiger partial charge in [-0.1, -0.05) is 11.8 Å². The van der Waals surface area contributed by atoms with Gasteiger partial charge in [-0.15, -0.1) is 0 Å². The summed E-state index contributed by atoms with van der Waals surface area (Å²) in [6.07, 6.45) is 4.97. The van der Waals surface area contributed by atoms with Crippen molar-refractivity contribution in [3.05, 3.63) is 12.0 Å². The third kappa shape index (κ3) is 5.37. The zero-order valence-corrected chi connectivity index (χ0v) is 17.6. The highest BCUT2D eigenvalue weighted by Crippen LogP contribution is 2.32. The normalized spacial score (nSPS) is 19.6. The van der Waals surface area contributed by atoms with Crippen LogP contribution in [0.3, 0.4) is 0 Å². The molecule has 1 aliphatic rings. The monoisotopic (exact) mass is 425 g/mol. The summed E-state index contributed by atoms with van der Waals surface area (Å²) in [6, 6.07) is 0. The number of fused-ring (bicyclic) bond motifs is 1. The number of aliphatic hydroxyl groups is 2. The molecule has 3 heterocycles. The average molecular weight is 426 g/mol. The SMILES string of the molecule is CCO.CNCC(=O)C(C=O)c1nc(SC)nc2c1ncn2C1CCC(CO)O1. The molecule has 0 aliphatic carbocycles. The summed E-state index contributed by atoms with van der Waals surface area (Å²) in [5.41, 5.74) is 1.25. The summed E-state index contributed by atoms with van der Waals surface area (Å²) in [5, 5.41) is 20.1. The first-order chi connectivity index (χ1) is 14.0. The van der Waals surface area contributed by atoms with Crippen LogP contribution >= 0.6 is 11.8 Å². The van der Waals surface area contributed by atoms with Crippen LogP contribution in [0.4, 0.5) is 0 Å². The molecule has 3 atom stereocenters. The van der Waals surface area contributed by atoms with Gasteiger partial charge in [0.15, 0.2) is 16.6 Å². The fourth-order valence-corrected chi connectivity index (χ4v) is 3.41. The summed E-state index contributed by atoms with van der Waals surface area (Å²) >= 11 is 1.32. The lowest BCUT2D eigenvalue weighted by Gasteiger charge is -2.15. The van der Waals surface area contributed by atoms with Crippen LogP contribution in [-0.2, 0) is 14.3 Å². The molecule has 1 saturated heterocycles. The van der Waals surface area contributed by atoms with Gasteiger partial charge in [0.2, 0.25) is 0 Å². The average Bonchev–Trinajstić information content (AvgIpc) is 3.35. The zero-order valence-electron chi connectivity index (χ0n) is 16.7. The highest BCUT2D eigenvalue weighted by molar-refractivity contribution is 7.98. The van der Waals surface area contributed by atoms with E-state index in [2.05, 4.69) is 20.3 Å². The number of carbonyl (C=O) groups excluding carboxylic acids is 2. The number of thioether (sulfide) groups is 1. The molecule has 3 N–H and O–H groups in total. The molecular formula is C18H27N5O5S. The van der Waals surface area contributed by atoms with Crippen molar-refractivity contribution in [3.8, 4) is 0 Å². The number of likely N-dealkylation sites (N-methyl/N-ethyl adjacent to an activating group) is 1. The van der Waals surface area contributed by atoms with Crippen LogP contribution in [0.15, 0.2) is 11.5 Å². The van der Waals surface area contributed by atoms with Crippen molar-refractivity contribution < 1.29 is 24.5 Å². The van der Waals surface area contributed by atoms with Crippen LogP contribution in [0.1, 0.15) is 37.6 Å². The minimum Gasteiger partial charge on any atom is -0.397 e. The van der Waals surface area contributed by atoms with Gasteiger partial charge in [-0.2, -0.15) is 0 Å². The Bertz CT molecular complexity index is 830. The second-order valence-electron chi connectivity index (χ2n) is 6.32. The Labute approximate surface area is 173 Å². The maximum Gasteiger partial charge on any atom is 0.189 e. The molecule has 1 fully saturated rings. The Morgan fingerprint density at radius 1 is 1.45 bits per heavy atom. The number of ether oxygens (including phenoxy) is 1. The van der Waals surface area contributed by atoms with E-state index in [1.54, 1.807) is 24.9 Å².